The highest BCUT2D eigenvalue weighted by atomic mass is 35.5. The van der Waals surface area contributed by atoms with E-state index in [1.807, 2.05) is 0 Å². The molecule has 1 aromatic carbocycles. The van der Waals surface area contributed by atoms with Crippen molar-refractivity contribution < 1.29 is 23.4 Å². The van der Waals surface area contributed by atoms with Crippen molar-refractivity contribution in [2.75, 3.05) is 5.32 Å². The van der Waals surface area contributed by atoms with E-state index in [1.54, 1.807) is 29.3 Å². The number of carbonyl (C=O) groups is 1. The van der Waals surface area contributed by atoms with E-state index in [0.29, 0.717) is 18.5 Å². The maximum atomic E-state index is 13.2. The zero-order valence-electron chi connectivity index (χ0n) is 18.3. The highest BCUT2D eigenvalue weighted by Gasteiger charge is 2.28. The van der Waals surface area contributed by atoms with E-state index in [2.05, 4.69) is 20.5 Å². The van der Waals surface area contributed by atoms with Gasteiger partial charge in [0.1, 0.15) is 17.0 Å². The van der Waals surface area contributed by atoms with Crippen LogP contribution in [-0.4, -0.2) is 48.1 Å². The highest BCUT2D eigenvalue weighted by Crippen LogP contribution is 2.39. The Kier molecular flexibility index (Phi) is 6.35. The zero-order valence-corrected chi connectivity index (χ0v) is 19.1. The number of nitrogens with one attached hydrogen (secondary N) is 1. The third kappa shape index (κ3) is 4.69. The van der Waals surface area contributed by atoms with Crippen molar-refractivity contribution in [1.29, 1.82) is 0 Å². The Balaban J connectivity index is 1.58. The van der Waals surface area contributed by atoms with E-state index in [9.17, 15) is 18.7 Å². The number of hydrogen-bond donors (Lipinski definition) is 2. The first-order chi connectivity index (χ1) is 16.9. The lowest BCUT2D eigenvalue weighted by molar-refractivity contribution is -0.0494. The second kappa shape index (κ2) is 9.59. The summed E-state index contributed by atoms with van der Waals surface area (Å²) in [6, 6.07) is 5.54. The third-order valence-electron chi connectivity index (χ3n) is 5.95. The van der Waals surface area contributed by atoms with Crippen molar-refractivity contribution in [3.63, 3.8) is 0 Å². The van der Waals surface area contributed by atoms with Gasteiger partial charge in [-0.25, -0.2) is 9.50 Å². The molecule has 5 rings (SSSR count). The van der Waals surface area contributed by atoms with Crippen LogP contribution in [0.4, 0.5) is 14.5 Å². The topological polar surface area (TPSA) is 107 Å². The summed E-state index contributed by atoms with van der Waals surface area (Å²) in [6.07, 6.45) is 8.65. The van der Waals surface area contributed by atoms with Gasteiger partial charge in [-0.05, 0) is 37.1 Å². The molecule has 0 aliphatic heterocycles. The van der Waals surface area contributed by atoms with Gasteiger partial charge in [-0.3, -0.25) is 9.48 Å². The minimum absolute atomic E-state index is 0.146. The summed E-state index contributed by atoms with van der Waals surface area (Å²) in [4.78, 5) is 17.4. The zero-order chi connectivity index (χ0) is 24.5. The number of amides is 1. The minimum Gasteiger partial charge on any atom is -0.434 e. The molecule has 1 amide bonds. The average Bonchev–Trinajstić information content (AvgIpc) is 3.45. The average molecular weight is 503 g/mol. The number of nitrogens with zero attached hydrogens (tertiary/aromatic N) is 5. The van der Waals surface area contributed by atoms with Crippen LogP contribution < -0.4 is 10.1 Å². The van der Waals surface area contributed by atoms with Crippen LogP contribution in [0.25, 0.3) is 16.9 Å². The molecule has 0 bridgehead atoms. The summed E-state index contributed by atoms with van der Waals surface area (Å²) in [7, 11) is 0. The van der Waals surface area contributed by atoms with Gasteiger partial charge in [0.15, 0.2) is 5.65 Å². The molecule has 1 aliphatic carbocycles. The van der Waals surface area contributed by atoms with E-state index in [1.165, 1.54) is 28.9 Å². The Morgan fingerprint density at radius 3 is 2.91 bits per heavy atom. The maximum Gasteiger partial charge on any atom is 0.387 e. The summed E-state index contributed by atoms with van der Waals surface area (Å²) >= 11 is 6.16. The van der Waals surface area contributed by atoms with E-state index in [-0.39, 0.29) is 39.3 Å². The molecule has 1 saturated carbocycles. The van der Waals surface area contributed by atoms with Gasteiger partial charge >= 0.3 is 6.61 Å². The number of halogens is 3. The van der Waals surface area contributed by atoms with Crippen molar-refractivity contribution in [3.05, 3.63) is 59.6 Å². The van der Waals surface area contributed by atoms with E-state index in [4.69, 9.17) is 16.3 Å². The van der Waals surface area contributed by atoms with Crippen LogP contribution in [0.2, 0.25) is 5.02 Å². The molecule has 1 fully saturated rings. The number of rotatable bonds is 6. The van der Waals surface area contributed by atoms with Gasteiger partial charge in [0.2, 0.25) is 0 Å². The standard InChI is InChI=1S/C23H21ClF2N6O3/c24-13-6-7-19(35-23(25)26)14(10-13)20-16(12-32(30-20)17-4-1-2-5-18(17)33)29-22(34)15-11-28-31-9-3-8-27-21(15)31/h3,6-12,17-18,23,33H,1-2,4-5H2,(H,29,34). The summed E-state index contributed by atoms with van der Waals surface area (Å²) in [5.41, 5.74) is 1.17. The van der Waals surface area contributed by atoms with Crippen LogP contribution in [0, 0.1) is 0 Å². The van der Waals surface area contributed by atoms with Crippen LogP contribution in [-0.2, 0) is 0 Å². The molecule has 12 heteroatoms. The van der Waals surface area contributed by atoms with Crippen LogP contribution in [0.1, 0.15) is 42.1 Å². The lowest BCUT2D eigenvalue weighted by Gasteiger charge is -2.27. The van der Waals surface area contributed by atoms with Crippen molar-refractivity contribution in [2.24, 2.45) is 0 Å². The molecule has 2 atom stereocenters. The summed E-state index contributed by atoms with van der Waals surface area (Å²) < 4.78 is 33.9. The molecule has 9 nitrogen and oxygen atoms in total. The number of alkyl halides is 2. The number of anilines is 1. The number of aliphatic hydroxyl groups is 1. The smallest absolute Gasteiger partial charge is 0.387 e. The van der Waals surface area contributed by atoms with Crippen LogP contribution in [0.3, 0.4) is 0 Å². The molecule has 2 unspecified atom stereocenters. The van der Waals surface area contributed by atoms with Gasteiger partial charge in [-0.15, -0.1) is 0 Å². The van der Waals surface area contributed by atoms with Crippen molar-refractivity contribution >= 4 is 28.8 Å². The second-order valence-electron chi connectivity index (χ2n) is 8.21. The lowest BCUT2D eigenvalue weighted by atomic mass is 9.93. The number of ether oxygens (including phenoxy) is 1. The van der Waals surface area contributed by atoms with Crippen molar-refractivity contribution in [3.8, 4) is 17.0 Å². The second-order valence-corrected chi connectivity index (χ2v) is 8.65. The maximum absolute atomic E-state index is 13.2. The van der Waals surface area contributed by atoms with E-state index < -0.39 is 18.6 Å². The molecule has 182 valence electrons. The first kappa shape index (κ1) is 23.2. The summed E-state index contributed by atoms with van der Waals surface area (Å²) in [5.74, 6) is -0.658. The Morgan fingerprint density at radius 1 is 1.29 bits per heavy atom. The third-order valence-corrected chi connectivity index (χ3v) is 6.19. The Hall–Kier alpha value is -3.57. The summed E-state index contributed by atoms with van der Waals surface area (Å²) in [6.45, 7) is -3.07. The largest absolute Gasteiger partial charge is 0.434 e. The monoisotopic (exact) mass is 502 g/mol. The fourth-order valence-electron chi connectivity index (χ4n) is 4.32. The molecule has 0 spiro atoms. The van der Waals surface area contributed by atoms with Crippen molar-refractivity contribution in [1.82, 2.24) is 24.4 Å². The number of carbonyl (C=O) groups excluding carboxylic acids is 1. The SMILES string of the molecule is O=C(Nc1cn(C2CCCCC2O)nc1-c1cc(Cl)ccc1OC(F)F)c1cnn2cccnc12. The molecule has 0 saturated heterocycles. The fourth-order valence-corrected chi connectivity index (χ4v) is 4.49. The number of fused-ring (bicyclic) bond motifs is 1. The first-order valence-electron chi connectivity index (χ1n) is 11.0. The van der Waals surface area contributed by atoms with Crippen molar-refractivity contribution in [2.45, 2.75) is 44.4 Å². The van der Waals surface area contributed by atoms with Gasteiger partial charge in [0, 0.05) is 29.2 Å². The van der Waals surface area contributed by atoms with Crippen LogP contribution in [0.15, 0.2) is 49.1 Å². The molecular weight excluding hydrogens is 482 g/mol. The highest BCUT2D eigenvalue weighted by molar-refractivity contribution is 6.31. The number of benzene rings is 1. The Morgan fingerprint density at radius 2 is 2.11 bits per heavy atom. The lowest BCUT2D eigenvalue weighted by Crippen LogP contribution is -2.27. The van der Waals surface area contributed by atoms with Gasteiger partial charge in [0.05, 0.1) is 24.0 Å². The Labute approximate surface area is 203 Å². The van der Waals surface area contributed by atoms with E-state index >= 15 is 0 Å². The molecule has 4 aromatic rings. The number of aromatic nitrogens is 5. The quantitative estimate of drug-likeness (QED) is 0.400. The summed E-state index contributed by atoms with van der Waals surface area (Å²) in [5, 5.41) is 22.3. The van der Waals surface area contributed by atoms with E-state index in [0.717, 1.165) is 12.8 Å². The van der Waals surface area contributed by atoms with Crippen LogP contribution in [0.5, 0.6) is 5.75 Å². The molecule has 3 aromatic heterocycles. The minimum atomic E-state index is -3.07. The van der Waals surface area contributed by atoms with Gasteiger partial charge in [-0.1, -0.05) is 24.4 Å². The first-order valence-corrected chi connectivity index (χ1v) is 11.4. The normalized spacial score (nSPS) is 18.2. The molecule has 35 heavy (non-hydrogen) atoms. The van der Waals surface area contributed by atoms with Gasteiger partial charge < -0.3 is 15.2 Å². The molecule has 2 N–H and O–H groups in total. The number of hydrogen-bond acceptors (Lipinski definition) is 6. The van der Waals surface area contributed by atoms with Gasteiger partial charge in [-0.2, -0.15) is 19.0 Å². The molecule has 1 aliphatic rings. The Bertz CT molecular complexity index is 1370. The molecular formula is C23H21ClF2N6O3. The predicted molar refractivity (Wildman–Crippen MR) is 124 cm³/mol. The fraction of sp³-hybridized carbons (Fsp3) is 0.304. The molecule has 3 heterocycles. The molecule has 0 radical (unpaired) electrons. The number of aliphatic hydroxyl groups excluding tert-OH is 1. The van der Waals surface area contributed by atoms with Gasteiger partial charge in [0.25, 0.3) is 5.91 Å². The van der Waals surface area contributed by atoms with Crippen LogP contribution >= 0.6 is 11.6 Å². The predicted octanol–water partition coefficient (Wildman–Crippen LogP) is 4.58.